The molecular formula is C31H22BrNO5. The first kappa shape index (κ1) is 25.2. The third kappa shape index (κ3) is 5.58. The molecule has 0 saturated heterocycles. The molecule has 0 unspecified atom stereocenters. The lowest BCUT2D eigenvalue weighted by molar-refractivity contribution is -0.129. The fourth-order valence-corrected chi connectivity index (χ4v) is 4.43. The standard InChI is InChI=1S/C31H22BrNO5/c1-2-36-27-19-20(17-25(32)28(27)37-30(34)24-11-7-4-8-12-24)18-26-31(35)38-29(33-26)23-15-13-22(14-16-23)21-9-5-3-6-10-21/h3-19H,2H2,1H3/b26-18-. The minimum atomic E-state index is -0.555. The number of hydrogen-bond donors (Lipinski definition) is 0. The number of ether oxygens (including phenoxy) is 3. The van der Waals surface area contributed by atoms with Crippen LogP contribution in [0.15, 0.2) is 112 Å². The molecular weight excluding hydrogens is 546 g/mol. The first-order valence-electron chi connectivity index (χ1n) is 11.9. The molecule has 0 radical (unpaired) electrons. The molecule has 0 bridgehead atoms. The van der Waals surface area contributed by atoms with Crippen LogP contribution in [0.5, 0.6) is 11.5 Å². The number of hydrogen-bond acceptors (Lipinski definition) is 6. The maximum atomic E-state index is 12.6. The topological polar surface area (TPSA) is 74.2 Å². The number of carbonyl (C=O) groups is 2. The number of carbonyl (C=O) groups excluding carboxylic acids is 2. The molecule has 38 heavy (non-hydrogen) atoms. The van der Waals surface area contributed by atoms with Gasteiger partial charge in [0.25, 0.3) is 0 Å². The van der Waals surface area contributed by atoms with Gasteiger partial charge in [0.2, 0.25) is 5.90 Å². The van der Waals surface area contributed by atoms with Crippen molar-refractivity contribution in [1.29, 1.82) is 0 Å². The van der Waals surface area contributed by atoms with Gasteiger partial charge in [-0.1, -0.05) is 60.7 Å². The van der Waals surface area contributed by atoms with Crippen molar-refractivity contribution in [2.45, 2.75) is 6.92 Å². The summed E-state index contributed by atoms with van der Waals surface area (Å²) in [6.07, 6.45) is 1.60. The highest BCUT2D eigenvalue weighted by molar-refractivity contribution is 9.10. The van der Waals surface area contributed by atoms with E-state index >= 15 is 0 Å². The number of halogens is 1. The van der Waals surface area contributed by atoms with Gasteiger partial charge < -0.3 is 14.2 Å². The van der Waals surface area contributed by atoms with Crippen LogP contribution >= 0.6 is 15.9 Å². The van der Waals surface area contributed by atoms with Crippen LogP contribution in [0, 0.1) is 0 Å². The highest BCUT2D eigenvalue weighted by Crippen LogP contribution is 2.38. The highest BCUT2D eigenvalue weighted by atomic mass is 79.9. The Morgan fingerprint density at radius 2 is 1.53 bits per heavy atom. The van der Waals surface area contributed by atoms with Gasteiger partial charge in [-0.3, -0.25) is 0 Å². The largest absolute Gasteiger partial charge is 0.490 e. The van der Waals surface area contributed by atoms with Crippen LogP contribution in [0.2, 0.25) is 0 Å². The van der Waals surface area contributed by atoms with Crippen molar-refractivity contribution < 1.29 is 23.8 Å². The number of esters is 2. The zero-order valence-corrected chi connectivity index (χ0v) is 22.0. The second kappa shape index (κ2) is 11.3. The molecule has 4 aromatic rings. The first-order chi connectivity index (χ1) is 18.5. The summed E-state index contributed by atoms with van der Waals surface area (Å²) in [5, 5.41) is 0. The number of benzene rings is 4. The van der Waals surface area contributed by atoms with Crippen molar-refractivity contribution in [3.8, 4) is 22.6 Å². The Labute approximate surface area is 228 Å². The van der Waals surface area contributed by atoms with Gasteiger partial charge in [0.05, 0.1) is 16.6 Å². The average molecular weight is 568 g/mol. The Morgan fingerprint density at radius 3 is 2.21 bits per heavy atom. The molecule has 0 fully saturated rings. The minimum absolute atomic E-state index is 0.149. The van der Waals surface area contributed by atoms with Gasteiger partial charge in [0.15, 0.2) is 17.2 Å². The Kier molecular flexibility index (Phi) is 7.47. The average Bonchev–Trinajstić information content (AvgIpc) is 3.31. The molecule has 5 rings (SSSR count). The lowest BCUT2D eigenvalue weighted by Gasteiger charge is -2.13. The zero-order chi connectivity index (χ0) is 26.5. The molecule has 188 valence electrons. The van der Waals surface area contributed by atoms with Crippen molar-refractivity contribution in [1.82, 2.24) is 0 Å². The summed E-state index contributed by atoms with van der Waals surface area (Å²) < 4.78 is 17.3. The Bertz CT molecular complexity index is 1540. The SMILES string of the molecule is CCOc1cc(/C=C2\N=C(c3ccc(-c4ccccc4)cc3)OC2=O)cc(Br)c1OC(=O)c1ccccc1. The maximum Gasteiger partial charge on any atom is 0.363 e. The molecule has 0 amide bonds. The van der Waals surface area contributed by atoms with Gasteiger partial charge in [-0.2, -0.15) is 0 Å². The molecule has 0 N–H and O–H groups in total. The van der Waals surface area contributed by atoms with Crippen molar-refractivity contribution in [2.24, 2.45) is 4.99 Å². The van der Waals surface area contributed by atoms with E-state index in [-0.39, 0.29) is 17.3 Å². The molecule has 0 spiro atoms. The lowest BCUT2D eigenvalue weighted by Crippen LogP contribution is -2.10. The van der Waals surface area contributed by atoms with E-state index in [0.717, 1.165) is 11.1 Å². The van der Waals surface area contributed by atoms with Crippen molar-refractivity contribution in [2.75, 3.05) is 6.61 Å². The van der Waals surface area contributed by atoms with Crippen molar-refractivity contribution in [3.63, 3.8) is 0 Å². The molecule has 1 heterocycles. The lowest BCUT2D eigenvalue weighted by atomic mass is 10.0. The minimum Gasteiger partial charge on any atom is -0.490 e. The van der Waals surface area contributed by atoms with Crippen LogP contribution in [-0.2, 0) is 9.53 Å². The Morgan fingerprint density at radius 1 is 0.895 bits per heavy atom. The zero-order valence-electron chi connectivity index (χ0n) is 20.4. The normalized spacial score (nSPS) is 13.7. The predicted molar refractivity (Wildman–Crippen MR) is 149 cm³/mol. The fraction of sp³-hybridized carbons (Fsp3) is 0.0645. The van der Waals surface area contributed by atoms with Crippen LogP contribution in [-0.4, -0.2) is 24.4 Å². The second-order valence-electron chi connectivity index (χ2n) is 8.30. The molecule has 1 aliphatic heterocycles. The van der Waals surface area contributed by atoms with E-state index in [4.69, 9.17) is 14.2 Å². The third-order valence-corrected chi connectivity index (χ3v) is 6.29. The molecule has 7 heteroatoms. The third-order valence-electron chi connectivity index (χ3n) is 5.70. The second-order valence-corrected chi connectivity index (χ2v) is 9.15. The van der Waals surface area contributed by atoms with Crippen molar-refractivity contribution in [3.05, 3.63) is 124 Å². The van der Waals surface area contributed by atoms with Gasteiger partial charge in [0, 0.05) is 5.56 Å². The van der Waals surface area contributed by atoms with Gasteiger partial charge in [-0.15, -0.1) is 0 Å². The summed E-state index contributed by atoms with van der Waals surface area (Å²) in [6.45, 7) is 2.18. The number of aliphatic imine (C=N–C) groups is 1. The molecule has 0 aromatic heterocycles. The molecule has 0 saturated carbocycles. The summed E-state index contributed by atoms with van der Waals surface area (Å²) in [7, 11) is 0. The Hall–Kier alpha value is -4.49. The quantitative estimate of drug-likeness (QED) is 0.135. The summed E-state index contributed by atoms with van der Waals surface area (Å²) in [6, 6.07) is 29.8. The molecule has 6 nitrogen and oxygen atoms in total. The summed E-state index contributed by atoms with van der Waals surface area (Å²) >= 11 is 3.47. The van der Waals surface area contributed by atoms with Crippen LogP contribution in [0.3, 0.4) is 0 Å². The smallest absolute Gasteiger partial charge is 0.363 e. The molecule has 1 aliphatic rings. The monoisotopic (exact) mass is 567 g/mol. The molecule has 0 aliphatic carbocycles. The summed E-state index contributed by atoms with van der Waals surface area (Å²) in [5.41, 5.74) is 4.03. The van der Waals surface area contributed by atoms with E-state index in [1.165, 1.54) is 0 Å². The fourth-order valence-electron chi connectivity index (χ4n) is 3.89. The van der Waals surface area contributed by atoms with E-state index in [1.54, 1.807) is 42.5 Å². The predicted octanol–water partition coefficient (Wildman–Crippen LogP) is 7.08. The van der Waals surface area contributed by atoms with Crippen LogP contribution in [0.1, 0.15) is 28.4 Å². The number of nitrogens with zero attached hydrogens (tertiary/aromatic N) is 1. The van der Waals surface area contributed by atoms with E-state index in [2.05, 4.69) is 20.9 Å². The van der Waals surface area contributed by atoms with E-state index in [0.29, 0.717) is 33.5 Å². The van der Waals surface area contributed by atoms with Crippen LogP contribution < -0.4 is 9.47 Å². The maximum absolute atomic E-state index is 12.6. The van der Waals surface area contributed by atoms with Crippen LogP contribution in [0.25, 0.3) is 17.2 Å². The number of cyclic esters (lactones) is 1. The molecule has 4 aromatic carbocycles. The van der Waals surface area contributed by atoms with Gasteiger partial charge in [-0.25, -0.2) is 14.6 Å². The van der Waals surface area contributed by atoms with E-state index in [9.17, 15) is 9.59 Å². The van der Waals surface area contributed by atoms with Crippen LogP contribution in [0.4, 0.5) is 0 Å². The Balaban J connectivity index is 1.40. The van der Waals surface area contributed by atoms with Crippen molar-refractivity contribution >= 4 is 39.8 Å². The van der Waals surface area contributed by atoms with E-state index in [1.807, 2.05) is 67.6 Å². The van der Waals surface area contributed by atoms with Gasteiger partial charge in [0.1, 0.15) is 0 Å². The number of rotatable bonds is 7. The summed E-state index contributed by atoms with van der Waals surface area (Å²) in [5.74, 6) is -0.228. The van der Waals surface area contributed by atoms with Gasteiger partial charge in [-0.05, 0) is 82.0 Å². The summed E-state index contributed by atoms with van der Waals surface area (Å²) in [4.78, 5) is 29.6. The first-order valence-corrected chi connectivity index (χ1v) is 12.7. The van der Waals surface area contributed by atoms with Gasteiger partial charge >= 0.3 is 11.9 Å². The highest BCUT2D eigenvalue weighted by Gasteiger charge is 2.25. The van der Waals surface area contributed by atoms with E-state index < -0.39 is 11.9 Å². The molecule has 0 atom stereocenters.